The lowest BCUT2D eigenvalue weighted by molar-refractivity contribution is 0.0684. The summed E-state index contributed by atoms with van der Waals surface area (Å²) in [5.74, 6) is -0.538. The van der Waals surface area contributed by atoms with Crippen molar-refractivity contribution < 1.29 is 19.8 Å². The molecule has 0 aliphatic rings. The molecule has 0 radical (unpaired) electrons. The van der Waals surface area contributed by atoms with Crippen LogP contribution in [0.15, 0.2) is 24.3 Å². The molecule has 0 bridgehead atoms. The van der Waals surface area contributed by atoms with E-state index >= 15 is 0 Å². The van der Waals surface area contributed by atoms with Gasteiger partial charge in [0.25, 0.3) is 5.91 Å². The Balaban J connectivity index is 2.91. The summed E-state index contributed by atoms with van der Waals surface area (Å²) in [4.78, 5) is 25.5. The van der Waals surface area contributed by atoms with Crippen molar-refractivity contribution in [3.8, 4) is 0 Å². The van der Waals surface area contributed by atoms with Gasteiger partial charge in [0.2, 0.25) is 5.78 Å². The zero-order valence-electron chi connectivity index (χ0n) is 10.9. The minimum absolute atomic E-state index is 0.146. The number of carbonyl (C=O) groups excluding carboxylic acids is 2. The van der Waals surface area contributed by atoms with E-state index in [1.165, 1.54) is 17.0 Å². The summed E-state index contributed by atoms with van der Waals surface area (Å²) in [6, 6.07) is 6.17. The molecule has 0 aliphatic heterocycles. The number of alkyl halides is 3. The van der Waals surface area contributed by atoms with Crippen LogP contribution in [0.4, 0.5) is 0 Å². The number of ketones is 1. The third kappa shape index (κ3) is 5.45. The highest BCUT2D eigenvalue weighted by molar-refractivity contribution is 9.40. The second-order valence-corrected chi connectivity index (χ2v) is 10.9. The molecule has 0 saturated heterocycles. The number of rotatable bonds is 6. The van der Waals surface area contributed by atoms with E-state index < -0.39 is 2.14 Å². The molecule has 1 rings (SSSR count). The quantitative estimate of drug-likeness (QED) is 0.476. The maximum atomic E-state index is 12.2. The predicted molar refractivity (Wildman–Crippen MR) is 90.4 cm³/mol. The summed E-state index contributed by atoms with van der Waals surface area (Å²) in [7, 11) is 0. The van der Waals surface area contributed by atoms with Gasteiger partial charge in [-0.05, 0) is 12.1 Å². The van der Waals surface area contributed by atoms with Gasteiger partial charge >= 0.3 is 0 Å². The number of benzene rings is 1. The molecule has 5 nitrogen and oxygen atoms in total. The Morgan fingerprint density at radius 1 is 0.952 bits per heavy atom. The lowest BCUT2D eigenvalue weighted by Gasteiger charge is -2.20. The fraction of sp³-hybridized carbons (Fsp3) is 0.385. The molecule has 116 valence electrons. The van der Waals surface area contributed by atoms with Crippen LogP contribution in [0.5, 0.6) is 0 Å². The Morgan fingerprint density at radius 2 is 1.38 bits per heavy atom. The second-order valence-electron chi connectivity index (χ2n) is 4.14. The van der Waals surface area contributed by atoms with E-state index in [0.717, 1.165) is 0 Å². The first-order valence-corrected chi connectivity index (χ1v) is 8.41. The highest BCUT2D eigenvalue weighted by atomic mass is 80.0. The number of halogens is 3. The Kier molecular flexibility index (Phi) is 7.49. The molecule has 0 aromatic heterocycles. The van der Waals surface area contributed by atoms with Crippen molar-refractivity contribution in [2.45, 2.75) is 2.14 Å². The smallest absolute Gasteiger partial charge is 0.254 e. The van der Waals surface area contributed by atoms with Crippen molar-refractivity contribution in [3.05, 3.63) is 35.4 Å². The van der Waals surface area contributed by atoms with Gasteiger partial charge < -0.3 is 15.1 Å². The van der Waals surface area contributed by atoms with Crippen molar-refractivity contribution in [1.82, 2.24) is 4.90 Å². The highest BCUT2D eigenvalue weighted by Gasteiger charge is 2.29. The van der Waals surface area contributed by atoms with Crippen LogP contribution < -0.4 is 0 Å². The van der Waals surface area contributed by atoms with Crippen LogP contribution in [0.25, 0.3) is 0 Å². The van der Waals surface area contributed by atoms with Crippen molar-refractivity contribution in [1.29, 1.82) is 0 Å². The third-order valence-electron chi connectivity index (χ3n) is 2.68. The van der Waals surface area contributed by atoms with Crippen molar-refractivity contribution in [3.63, 3.8) is 0 Å². The maximum absolute atomic E-state index is 12.2. The maximum Gasteiger partial charge on any atom is 0.254 e. The average molecular weight is 488 g/mol. The molecule has 0 heterocycles. The fourth-order valence-electron chi connectivity index (χ4n) is 1.67. The van der Waals surface area contributed by atoms with E-state index in [2.05, 4.69) is 47.8 Å². The molecule has 8 heteroatoms. The summed E-state index contributed by atoms with van der Waals surface area (Å²) >= 11 is 9.44. The van der Waals surface area contributed by atoms with Gasteiger partial charge in [0.1, 0.15) is 0 Å². The number of aliphatic hydroxyl groups is 2. The predicted octanol–water partition coefficient (Wildman–Crippen LogP) is 2.13. The molecule has 21 heavy (non-hydrogen) atoms. The molecular formula is C13H14Br3NO4. The molecule has 0 atom stereocenters. The minimum atomic E-state index is -1.03. The Labute approximate surface area is 147 Å². The molecule has 1 aromatic rings. The Bertz CT molecular complexity index is 493. The van der Waals surface area contributed by atoms with Gasteiger partial charge in [-0.25, -0.2) is 0 Å². The van der Waals surface area contributed by atoms with Crippen LogP contribution in [-0.2, 0) is 0 Å². The topological polar surface area (TPSA) is 77.8 Å². The third-order valence-corrected chi connectivity index (χ3v) is 3.76. The molecular weight excluding hydrogens is 474 g/mol. The summed E-state index contributed by atoms with van der Waals surface area (Å²) in [5.41, 5.74) is 0.811. The molecule has 0 spiro atoms. The summed E-state index contributed by atoms with van der Waals surface area (Å²) in [6.45, 7) is -0.0655. The number of nitrogens with zero attached hydrogens (tertiary/aromatic N) is 1. The first kappa shape index (κ1) is 18.8. The molecule has 0 saturated carbocycles. The number of amides is 1. The van der Waals surface area contributed by atoms with Crippen LogP contribution in [0, 0.1) is 0 Å². The molecule has 2 N–H and O–H groups in total. The van der Waals surface area contributed by atoms with Crippen LogP contribution in [0.2, 0.25) is 0 Å². The molecule has 0 aliphatic carbocycles. The van der Waals surface area contributed by atoms with Crippen LogP contribution >= 0.6 is 47.8 Å². The number of hydrogen-bond donors (Lipinski definition) is 2. The van der Waals surface area contributed by atoms with Crippen molar-refractivity contribution in [2.75, 3.05) is 26.3 Å². The fourth-order valence-corrected chi connectivity index (χ4v) is 2.35. The molecule has 0 unspecified atom stereocenters. The first-order chi connectivity index (χ1) is 9.81. The van der Waals surface area contributed by atoms with Crippen LogP contribution in [-0.4, -0.2) is 55.2 Å². The lowest BCUT2D eigenvalue weighted by atomic mass is 10.1. The second kappa shape index (κ2) is 8.38. The SMILES string of the molecule is O=C(c1ccc(C(=O)C(Br)(Br)Br)cc1)N(CCO)CCO. The standard InChI is InChI=1S/C13H14Br3NO4/c14-13(15,16)11(20)9-1-3-10(4-2-9)12(21)17(5-7-18)6-8-19/h1-4,18-19H,5-8H2. The molecule has 0 fully saturated rings. The molecule has 1 amide bonds. The van der Waals surface area contributed by atoms with Gasteiger partial charge in [-0.1, -0.05) is 59.9 Å². The van der Waals surface area contributed by atoms with E-state index in [0.29, 0.717) is 11.1 Å². The minimum Gasteiger partial charge on any atom is -0.395 e. The van der Waals surface area contributed by atoms with E-state index in [9.17, 15) is 9.59 Å². The largest absolute Gasteiger partial charge is 0.395 e. The summed E-state index contributed by atoms with van der Waals surface area (Å²) in [5, 5.41) is 17.9. The van der Waals surface area contributed by atoms with Crippen LogP contribution in [0.3, 0.4) is 0 Å². The van der Waals surface area contributed by atoms with Crippen molar-refractivity contribution in [2.24, 2.45) is 0 Å². The van der Waals surface area contributed by atoms with E-state index in [1.54, 1.807) is 12.1 Å². The zero-order valence-corrected chi connectivity index (χ0v) is 15.7. The number of aliphatic hydroxyl groups excluding tert-OH is 2. The number of carbonyl (C=O) groups is 2. The summed E-state index contributed by atoms with van der Waals surface area (Å²) in [6.07, 6.45) is 0. The number of Topliss-reactive ketones (excluding diaryl/α,β-unsaturated/α-hetero) is 1. The average Bonchev–Trinajstić information content (AvgIpc) is 2.45. The van der Waals surface area contributed by atoms with Gasteiger partial charge in [0.05, 0.1) is 13.2 Å². The first-order valence-electron chi connectivity index (χ1n) is 6.04. The number of hydrogen-bond acceptors (Lipinski definition) is 4. The molecule has 1 aromatic carbocycles. The Hall–Kier alpha value is -0.280. The Morgan fingerprint density at radius 3 is 1.76 bits per heavy atom. The van der Waals surface area contributed by atoms with Crippen molar-refractivity contribution >= 4 is 59.5 Å². The van der Waals surface area contributed by atoms with Gasteiger partial charge in [0.15, 0.2) is 2.14 Å². The van der Waals surface area contributed by atoms with Crippen LogP contribution in [0.1, 0.15) is 20.7 Å². The van der Waals surface area contributed by atoms with Gasteiger partial charge in [-0.15, -0.1) is 0 Å². The zero-order chi connectivity index (χ0) is 16.0. The highest BCUT2D eigenvalue weighted by Crippen LogP contribution is 2.36. The van der Waals surface area contributed by atoms with E-state index in [-0.39, 0.29) is 38.0 Å². The van der Waals surface area contributed by atoms with E-state index in [4.69, 9.17) is 10.2 Å². The van der Waals surface area contributed by atoms with Gasteiger partial charge in [0, 0.05) is 24.2 Å². The monoisotopic (exact) mass is 485 g/mol. The lowest BCUT2D eigenvalue weighted by Crippen LogP contribution is -2.35. The summed E-state index contributed by atoms with van der Waals surface area (Å²) < 4.78 is -1.03. The van der Waals surface area contributed by atoms with Gasteiger partial charge in [-0.2, -0.15) is 0 Å². The normalized spacial score (nSPS) is 11.3. The van der Waals surface area contributed by atoms with Gasteiger partial charge in [-0.3, -0.25) is 9.59 Å². The van der Waals surface area contributed by atoms with E-state index in [1.807, 2.05) is 0 Å².